The van der Waals surface area contributed by atoms with Gasteiger partial charge in [-0.2, -0.15) is 0 Å². The maximum Gasteiger partial charge on any atom is 0.257 e. The van der Waals surface area contributed by atoms with E-state index < -0.39 is 6.23 Å². The third kappa shape index (κ3) is 3.16. The van der Waals surface area contributed by atoms with Gasteiger partial charge in [0.25, 0.3) is 5.91 Å². The maximum absolute atomic E-state index is 12.6. The summed E-state index contributed by atoms with van der Waals surface area (Å²) in [6.45, 7) is 4.29. The standard InChI is InChI=1S/C19H23N5O2/c1-22-9-11-23(12-10-22)13-17(25)24-16-7-3-2-5-14(16)19(26)21-15-6-4-8-20-18(15)24/h2-8,17,25H,9-13H2,1H3,(H,21,26). The molecule has 26 heavy (non-hydrogen) atoms. The first-order valence-corrected chi connectivity index (χ1v) is 8.87. The minimum absolute atomic E-state index is 0.191. The zero-order chi connectivity index (χ0) is 18.1. The number of para-hydroxylation sites is 1. The summed E-state index contributed by atoms with van der Waals surface area (Å²) in [4.78, 5) is 23.3. The minimum atomic E-state index is -0.805. The lowest BCUT2D eigenvalue weighted by molar-refractivity contribution is 0.0835. The number of benzene rings is 1. The third-order valence-electron chi connectivity index (χ3n) is 4.99. The molecule has 1 unspecified atom stereocenters. The highest BCUT2D eigenvalue weighted by Crippen LogP contribution is 2.37. The van der Waals surface area contributed by atoms with Gasteiger partial charge in [-0.05, 0) is 31.3 Å². The zero-order valence-corrected chi connectivity index (χ0v) is 14.8. The molecular formula is C19H23N5O2. The van der Waals surface area contributed by atoms with Crippen LogP contribution in [0, 0.1) is 0 Å². The molecule has 4 rings (SSSR count). The molecule has 0 saturated carbocycles. The van der Waals surface area contributed by atoms with Crippen LogP contribution in [-0.4, -0.2) is 71.8 Å². The number of hydrogen-bond donors (Lipinski definition) is 2. The average molecular weight is 353 g/mol. The number of aromatic nitrogens is 1. The number of carbonyl (C=O) groups is 1. The number of rotatable bonds is 3. The first-order valence-electron chi connectivity index (χ1n) is 8.87. The number of nitrogens with one attached hydrogen (secondary N) is 1. The molecule has 0 bridgehead atoms. The number of fused-ring (bicyclic) bond motifs is 2. The summed E-state index contributed by atoms with van der Waals surface area (Å²) in [5.74, 6) is 0.372. The van der Waals surface area contributed by atoms with Gasteiger partial charge in [0.2, 0.25) is 0 Å². The van der Waals surface area contributed by atoms with E-state index in [0.29, 0.717) is 29.3 Å². The van der Waals surface area contributed by atoms with Gasteiger partial charge in [-0.1, -0.05) is 12.1 Å². The van der Waals surface area contributed by atoms with Crippen molar-refractivity contribution in [2.45, 2.75) is 6.23 Å². The van der Waals surface area contributed by atoms with Gasteiger partial charge < -0.3 is 15.3 Å². The molecule has 3 heterocycles. The Morgan fingerprint density at radius 3 is 2.73 bits per heavy atom. The second kappa shape index (κ2) is 7.03. The molecule has 7 heteroatoms. The number of β-amino-alcohol motifs (C(OH)–C–C–N with tert-alkyl or cyclic N) is 1. The molecular weight excluding hydrogens is 330 g/mol. The Hall–Kier alpha value is -2.48. The van der Waals surface area contributed by atoms with Crippen LogP contribution in [0.1, 0.15) is 10.4 Å². The topological polar surface area (TPSA) is 71.9 Å². The van der Waals surface area contributed by atoms with E-state index in [9.17, 15) is 9.90 Å². The molecule has 1 amide bonds. The lowest BCUT2D eigenvalue weighted by atomic mass is 10.1. The molecule has 1 aromatic carbocycles. The van der Waals surface area contributed by atoms with E-state index in [-0.39, 0.29) is 5.91 Å². The molecule has 136 valence electrons. The second-order valence-electron chi connectivity index (χ2n) is 6.80. The number of nitrogens with zero attached hydrogens (tertiary/aromatic N) is 4. The van der Waals surface area contributed by atoms with E-state index in [1.807, 2.05) is 24.3 Å². The van der Waals surface area contributed by atoms with Crippen molar-refractivity contribution in [3.63, 3.8) is 0 Å². The van der Waals surface area contributed by atoms with Crippen molar-refractivity contribution < 1.29 is 9.90 Å². The van der Waals surface area contributed by atoms with Crippen LogP contribution in [0.2, 0.25) is 0 Å². The number of aliphatic hydroxyl groups is 1. The lowest BCUT2D eigenvalue weighted by Crippen LogP contribution is -2.50. The van der Waals surface area contributed by atoms with Gasteiger partial charge in [0.1, 0.15) is 6.23 Å². The summed E-state index contributed by atoms with van der Waals surface area (Å²) in [6.07, 6.45) is 0.870. The van der Waals surface area contributed by atoms with Crippen molar-refractivity contribution in [1.29, 1.82) is 0 Å². The maximum atomic E-state index is 12.6. The summed E-state index contributed by atoms with van der Waals surface area (Å²) in [7, 11) is 2.11. The lowest BCUT2D eigenvalue weighted by Gasteiger charge is -2.37. The molecule has 2 aliphatic rings. The molecule has 1 fully saturated rings. The van der Waals surface area contributed by atoms with Crippen molar-refractivity contribution in [1.82, 2.24) is 14.8 Å². The van der Waals surface area contributed by atoms with Gasteiger partial charge in [0.05, 0.1) is 16.9 Å². The molecule has 0 aliphatic carbocycles. The Labute approximate surface area is 152 Å². The smallest absolute Gasteiger partial charge is 0.257 e. The molecule has 1 saturated heterocycles. The van der Waals surface area contributed by atoms with Crippen molar-refractivity contribution in [2.24, 2.45) is 0 Å². The molecule has 1 aromatic heterocycles. The van der Waals surface area contributed by atoms with Gasteiger partial charge in [-0.15, -0.1) is 0 Å². The number of pyridine rings is 1. The average Bonchev–Trinajstić information content (AvgIpc) is 2.77. The Balaban J connectivity index is 1.69. The van der Waals surface area contributed by atoms with Crippen LogP contribution in [-0.2, 0) is 0 Å². The number of amides is 1. The Morgan fingerprint density at radius 2 is 1.92 bits per heavy atom. The highest BCUT2D eigenvalue weighted by molar-refractivity contribution is 6.12. The van der Waals surface area contributed by atoms with Gasteiger partial charge in [-0.3, -0.25) is 14.6 Å². The van der Waals surface area contributed by atoms with Crippen LogP contribution < -0.4 is 10.2 Å². The fraction of sp³-hybridized carbons (Fsp3) is 0.368. The number of hydrogen-bond acceptors (Lipinski definition) is 6. The monoisotopic (exact) mass is 353 g/mol. The molecule has 7 nitrogen and oxygen atoms in total. The Bertz CT molecular complexity index is 804. The van der Waals surface area contributed by atoms with Crippen molar-refractivity contribution in [3.8, 4) is 0 Å². The number of anilines is 3. The van der Waals surface area contributed by atoms with Crippen LogP contribution in [0.25, 0.3) is 0 Å². The van der Waals surface area contributed by atoms with Gasteiger partial charge in [-0.25, -0.2) is 4.98 Å². The van der Waals surface area contributed by atoms with Crippen molar-refractivity contribution in [2.75, 3.05) is 50.0 Å². The van der Waals surface area contributed by atoms with Crippen molar-refractivity contribution in [3.05, 3.63) is 48.2 Å². The molecule has 1 atom stereocenters. The second-order valence-corrected chi connectivity index (χ2v) is 6.80. The zero-order valence-electron chi connectivity index (χ0n) is 14.8. The van der Waals surface area contributed by atoms with Gasteiger partial charge >= 0.3 is 0 Å². The van der Waals surface area contributed by atoms with E-state index in [1.165, 1.54) is 0 Å². The predicted molar refractivity (Wildman–Crippen MR) is 101 cm³/mol. The normalized spacial score (nSPS) is 19.3. The highest BCUT2D eigenvalue weighted by Gasteiger charge is 2.31. The van der Waals surface area contributed by atoms with E-state index in [4.69, 9.17) is 0 Å². The first-order chi connectivity index (χ1) is 12.6. The number of carbonyl (C=O) groups excluding carboxylic acids is 1. The Kier molecular flexibility index (Phi) is 4.58. The summed E-state index contributed by atoms with van der Waals surface area (Å²) in [5.41, 5.74) is 1.80. The van der Waals surface area contributed by atoms with Crippen LogP contribution in [0.4, 0.5) is 17.2 Å². The minimum Gasteiger partial charge on any atom is -0.372 e. The van der Waals surface area contributed by atoms with Crippen LogP contribution in [0.5, 0.6) is 0 Å². The number of piperazine rings is 1. The molecule has 2 aromatic rings. The molecule has 0 spiro atoms. The highest BCUT2D eigenvalue weighted by atomic mass is 16.3. The Morgan fingerprint density at radius 1 is 1.15 bits per heavy atom. The largest absolute Gasteiger partial charge is 0.372 e. The van der Waals surface area contributed by atoms with Crippen molar-refractivity contribution >= 4 is 23.1 Å². The fourth-order valence-electron chi connectivity index (χ4n) is 3.51. The summed E-state index contributed by atoms with van der Waals surface area (Å²) in [6, 6.07) is 10.9. The van der Waals surface area contributed by atoms with E-state index in [0.717, 1.165) is 26.2 Å². The van der Waals surface area contributed by atoms with Gasteiger partial charge in [0.15, 0.2) is 5.82 Å². The van der Waals surface area contributed by atoms with Gasteiger partial charge in [0, 0.05) is 38.9 Å². The number of likely N-dealkylation sites (N-methyl/N-ethyl adjacent to an activating group) is 1. The van der Waals surface area contributed by atoms with E-state index in [2.05, 4.69) is 27.1 Å². The predicted octanol–water partition coefficient (Wildman–Crippen LogP) is 1.35. The summed E-state index contributed by atoms with van der Waals surface area (Å²) >= 11 is 0. The fourth-order valence-corrected chi connectivity index (χ4v) is 3.51. The summed E-state index contributed by atoms with van der Waals surface area (Å²) < 4.78 is 0. The van der Waals surface area contributed by atoms with Crippen LogP contribution in [0.3, 0.4) is 0 Å². The number of aliphatic hydroxyl groups excluding tert-OH is 1. The van der Waals surface area contributed by atoms with Crippen LogP contribution in [0.15, 0.2) is 42.6 Å². The molecule has 2 aliphatic heterocycles. The first kappa shape index (κ1) is 17.0. The quantitative estimate of drug-likeness (QED) is 0.868. The molecule has 0 radical (unpaired) electrons. The van der Waals surface area contributed by atoms with E-state index >= 15 is 0 Å². The van der Waals surface area contributed by atoms with E-state index in [1.54, 1.807) is 23.2 Å². The molecule has 2 N–H and O–H groups in total. The van der Waals surface area contributed by atoms with Crippen LogP contribution >= 0.6 is 0 Å². The SMILES string of the molecule is CN1CCN(CC(O)N2c3ccccc3C(=O)Nc3cccnc32)CC1. The summed E-state index contributed by atoms with van der Waals surface area (Å²) in [5, 5.41) is 14.0. The third-order valence-corrected chi connectivity index (χ3v) is 4.99.